The molecule has 0 aromatic carbocycles. The van der Waals surface area contributed by atoms with Crippen molar-refractivity contribution < 1.29 is 9.59 Å². The van der Waals surface area contributed by atoms with E-state index in [1.54, 1.807) is 0 Å². The smallest absolute Gasteiger partial charge is 0.237 e. The Morgan fingerprint density at radius 3 is 1.67 bits per heavy atom. The molecule has 30 heavy (non-hydrogen) atoms. The van der Waals surface area contributed by atoms with Crippen LogP contribution < -0.4 is 16.4 Å². The Morgan fingerprint density at radius 2 is 1.20 bits per heavy atom. The molecule has 0 rings (SSSR count). The van der Waals surface area contributed by atoms with Crippen LogP contribution in [0.2, 0.25) is 0 Å². The highest BCUT2D eigenvalue weighted by Crippen LogP contribution is 2.07. The van der Waals surface area contributed by atoms with Crippen LogP contribution in [-0.2, 0) is 9.59 Å². The van der Waals surface area contributed by atoms with Crippen LogP contribution in [0.5, 0.6) is 0 Å². The summed E-state index contributed by atoms with van der Waals surface area (Å²) in [5, 5.41) is 5.68. The Morgan fingerprint density at radius 1 is 0.733 bits per heavy atom. The minimum Gasteiger partial charge on any atom is -0.353 e. The van der Waals surface area contributed by atoms with Crippen LogP contribution in [0.3, 0.4) is 0 Å². The number of nitrogens with one attached hydrogen (secondary N) is 2. The third-order valence-electron chi connectivity index (χ3n) is 4.68. The van der Waals surface area contributed by atoms with Gasteiger partial charge in [-0.3, -0.25) is 9.59 Å². The molecule has 0 heterocycles. The second-order valence-electron chi connectivity index (χ2n) is 8.44. The van der Waals surface area contributed by atoms with Gasteiger partial charge in [-0.25, -0.2) is 0 Å². The summed E-state index contributed by atoms with van der Waals surface area (Å²) in [6.45, 7) is 13.5. The van der Waals surface area contributed by atoms with Crippen LogP contribution in [0.25, 0.3) is 0 Å². The van der Waals surface area contributed by atoms with Gasteiger partial charge >= 0.3 is 0 Å². The maximum atomic E-state index is 12.1. The average Bonchev–Trinajstić information content (AvgIpc) is 2.65. The van der Waals surface area contributed by atoms with E-state index in [1.807, 2.05) is 12.2 Å². The number of carbonyl (C=O) groups excluding carboxylic acids is 2. The van der Waals surface area contributed by atoms with Crippen LogP contribution in [0, 0.1) is 0 Å². The zero-order valence-corrected chi connectivity index (χ0v) is 19.9. The first-order valence-corrected chi connectivity index (χ1v) is 11.0. The summed E-state index contributed by atoms with van der Waals surface area (Å²) in [6, 6.07) is -0.670. The first-order chi connectivity index (χ1) is 14.1. The molecular weight excluding hydrogens is 374 g/mol. The Kier molecular flexibility index (Phi) is 15.4. The SMILES string of the molecule is CC(C)=CCC/C(C)=C/CNC(=O)CCC(N)C(=O)NC/C=C(\C)CCC=C(C)C. The Labute approximate surface area is 184 Å². The number of rotatable bonds is 14. The van der Waals surface area contributed by atoms with Crippen molar-refractivity contribution >= 4 is 11.8 Å². The van der Waals surface area contributed by atoms with E-state index in [2.05, 4.69) is 64.3 Å². The minimum atomic E-state index is -0.670. The fourth-order valence-electron chi connectivity index (χ4n) is 2.68. The number of hydrogen-bond acceptors (Lipinski definition) is 3. The van der Waals surface area contributed by atoms with Crippen molar-refractivity contribution in [3.8, 4) is 0 Å². The number of allylic oxidation sites excluding steroid dienone is 6. The molecule has 5 heteroatoms. The standard InChI is InChI=1S/C25H43N3O2/c1-19(2)9-7-11-21(5)15-17-27-24(29)14-13-23(26)25(30)28-18-16-22(6)12-8-10-20(3)4/h9-10,15-16,23H,7-8,11-14,17-18,26H2,1-6H3,(H,27,29)(H,28,30)/b21-15+,22-16+. The van der Waals surface area contributed by atoms with Crippen molar-refractivity contribution in [2.45, 2.75) is 86.1 Å². The van der Waals surface area contributed by atoms with Gasteiger partial charge in [0, 0.05) is 19.5 Å². The minimum absolute atomic E-state index is 0.0818. The zero-order chi connectivity index (χ0) is 22.9. The van der Waals surface area contributed by atoms with Gasteiger partial charge in [-0.2, -0.15) is 0 Å². The molecule has 0 radical (unpaired) electrons. The van der Waals surface area contributed by atoms with Crippen LogP contribution in [0.15, 0.2) is 46.6 Å². The van der Waals surface area contributed by atoms with Crippen molar-refractivity contribution in [1.29, 1.82) is 0 Å². The third-order valence-corrected chi connectivity index (χ3v) is 4.68. The lowest BCUT2D eigenvalue weighted by atomic mass is 10.1. The summed E-state index contributed by atoms with van der Waals surface area (Å²) in [5.74, 6) is -0.298. The summed E-state index contributed by atoms with van der Waals surface area (Å²) < 4.78 is 0. The van der Waals surface area contributed by atoms with Crippen LogP contribution in [0.4, 0.5) is 0 Å². The Hall–Kier alpha value is -2.14. The lowest BCUT2D eigenvalue weighted by molar-refractivity contribution is -0.123. The predicted molar refractivity (Wildman–Crippen MR) is 128 cm³/mol. The molecular formula is C25H43N3O2. The van der Waals surface area contributed by atoms with Crippen molar-refractivity contribution in [1.82, 2.24) is 10.6 Å². The quantitative estimate of drug-likeness (QED) is 0.358. The highest BCUT2D eigenvalue weighted by atomic mass is 16.2. The van der Waals surface area contributed by atoms with Gasteiger partial charge in [-0.05, 0) is 73.6 Å². The first-order valence-electron chi connectivity index (χ1n) is 11.0. The highest BCUT2D eigenvalue weighted by Gasteiger charge is 2.14. The fraction of sp³-hybridized carbons (Fsp3) is 0.600. The summed E-state index contributed by atoms with van der Waals surface area (Å²) in [7, 11) is 0. The normalized spacial score (nSPS) is 12.8. The van der Waals surface area contributed by atoms with Gasteiger partial charge in [0.1, 0.15) is 0 Å². The third kappa shape index (κ3) is 16.8. The van der Waals surface area contributed by atoms with E-state index >= 15 is 0 Å². The molecule has 0 aromatic heterocycles. The summed E-state index contributed by atoms with van der Waals surface area (Å²) in [6.07, 6.45) is 13.1. The lowest BCUT2D eigenvalue weighted by Crippen LogP contribution is -2.41. The highest BCUT2D eigenvalue weighted by molar-refractivity contribution is 5.83. The molecule has 0 saturated heterocycles. The molecule has 2 amide bonds. The van der Waals surface area contributed by atoms with Crippen LogP contribution in [0.1, 0.15) is 80.1 Å². The van der Waals surface area contributed by atoms with E-state index in [0.29, 0.717) is 19.5 Å². The van der Waals surface area contributed by atoms with Gasteiger partial charge in [0.25, 0.3) is 0 Å². The molecule has 0 spiro atoms. The second-order valence-corrected chi connectivity index (χ2v) is 8.44. The van der Waals surface area contributed by atoms with Gasteiger partial charge in [0.15, 0.2) is 0 Å². The second kappa shape index (κ2) is 16.6. The number of nitrogens with two attached hydrogens (primary N) is 1. The molecule has 5 nitrogen and oxygen atoms in total. The summed E-state index contributed by atoms with van der Waals surface area (Å²) in [5.41, 5.74) is 11.1. The van der Waals surface area contributed by atoms with Gasteiger partial charge in [-0.1, -0.05) is 46.6 Å². The molecule has 0 fully saturated rings. The maximum Gasteiger partial charge on any atom is 0.237 e. The molecule has 170 valence electrons. The summed E-state index contributed by atoms with van der Waals surface area (Å²) in [4.78, 5) is 24.0. The molecule has 0 aliphatic heterocycles. The fourth-order valence-corrected chi connectivity index (χ4v) is 2.68. The van der Waals surface area contributed by atoms with Crippen molar-refractivity contribution in [3.05, 3.63) is 46.6 Å². The molecule has 0 bridgehead atoms. The number of amides is 2. The van der Waals surface area contributed by atoms with E-state index in [1.165, 1.54) is 22.3 Å². The van der Waals surface area contributed by atoms with Crippen molar-refractivity contribution in [3.63, 3.8) is 0 Å². The predicted octanol–water partition coefficient (Wildman–Crippen LogP) is 4.71. The molecule has 1 unspecified atom stereocenters. The molecule has 0 saturated carbocycles. The van der Waals surface area contributed by atoms with Crippen molar-refractivity contribution in [2.75, 3.05) is 13.1 Å². The van der Waals surface area contributed by atoms with Gasteiger partial charge in [0.2, 0.25) is 11.8 Å². The Bertz CT molecular complexity index is 649. The number of carbonyl (C=O) groups is 2. The lowest BCUT2D eigenvalue weighted by Gasteiger charge is -2.11. The van der Waals surface area contributed by atoms with Gasteiger partial charge in [0.05, 0.1) is 6.04 Å². The summed E-state index contributed by atoms with van der Waals surface area (Å²) >= 11 is 0. The molecule has 0 aliphatic carbocycles. The van der Waals surface area contributed by atoms with Crippen molar-refractivity contribution in [2.24, 2.45) is 5.73 Å². The molecule has 1 atom stereocenters. The van der Waals surface area contributed by atoms with E-state index < -0.39 is 6.04 Å². The molecule has 4 N–H and O–H groups in total. The Balaban J connectivity index is 4.06. The topological polar surface area (TPSA) is 84.2 Å². The maximum absolute atomic E-state index is 12.1. The largest absolute Gasteiger partial charge is 0.353 e. The average molecular weight is 418 g/mol. The monoisotopic (exact) mass is 417 g/mol. The van der Waals surface area contributed by atoms with Crippen LogP contribution >= 0.6 is 0 Å². The van der Waals surface area contributed by atoms with E-state index in [0.717, 1.165) is 25.7 Å². The molecule has 0 aromatic rings. The van der Waals surface area contributed by atoms with E-state index in [-0.39, 0.29) is 18.2 Å². The zero-order valence-electron chi connectivity index (χ0n) is 19.9. The number of hydrogen-bond donors (Lipinski definition) is 3. The van der Waals surface area contributed by atoms with E-state index in [9.17, 15) is 9.59 Å². The van der Waals surface area contributed by atoms with Gasteiger partial charge in [-0.15, -0.1) is 0 Å². The van der Waals surface area contributed by atoms with E-state index in [4.69, 9.17) is 5.73 Å². The van der Waals surface area contributed by atoms with Gasteiger partial charge < -0.3 is 16.4 Å². The molecule has 0 aliphatic rings. The van der Waals surface area contributed by atoms with Crippen LogP contribution in [-0.4, -0.2) is 30.9 Å². The first kappa shape index (κ1) is 27.9.